The molecule has 35 heavy (non-hydrogen) atoms. The predicted molar refractivity (Wildman–Crippen MR) is 135 cm³/mol. The summed E-state index contributed by atoms with van der Waals surface area (Å²) < 4.78 is 43.2. The number of benzene rings is 3. The molecule has 0 radical (unpaired) electrons. The minimum Gasteiger partial charge on any atom is -0.481 e. The van der Waals surface area contributed by atoms with Gasteiger partial charge in [0.25, 0.3) is 0 Å². The van der Waals surface area contributed by atoms with Gasteiger partial charge in [-0.3, -0.25) is 4.79 Å². The summed E-state index contributed by atoms with van der Waals surface area (Å²) in [5, 5.41) is 9.84. The SMILES string of the molecule is CC[C@@H]1[C@@H](Sc2ccc(C)cc2)[C@@H](C(=O)O)[C@H](c2ccc(F)cc2)N1S(=O)(=O)c1ccc(C)cc1. The zero-order chi connectivity index (χ0) is 25.3. The van der Waals surface area contributed by atoms with Gasteiger partial charge in [0.15, 0.2) is 0 Å². The van der Waals surface area contributed by atoms with Gasteiger partial charge in [0, 0.05) is 16.2 Å². The van der Waals surface area contributed by atoms with Crippen LogP contribution in [0.2, 0.25) is 0 Å². The Hall–Kier alpha value is -2.68. The van der Waals surface area contributed by atoms with Crippen molar-refractivity contribution in [2.45, 2.75) is 54.3 Å². The molecule has 1 heterocycles. The highest BCUT2D eigenvalue weighted by Crippen LogP contribution is 2.51. The summed E-state index contributed by atoms with van der Waals surface area (Å²) in [4.78, 5) is 13.7. The number of thioether (sulfide) groups is 1. The summed E-state index contributed by atoms with van der Waals surface area (Å²) in [5.41, 5.74) is 2.46. The lowest BCUT2D eigenvalue weighted by Crippen LogP contribution is -2.39. The van der Waals surface area contributed by atoms with Gasteiger partial charge in [-0.1, -0.05) is 54.4 Å². The first kappa shape index (κ1) is 25.4. The summed E-state index contributed by atoms with van der Waals surface area (Å²) in [5.74, 6) is -2.58. The van der Waals surface area contributed by atoms with Crippen LogP contribution in [0.4, 0.5) is 4.39 Å². The van der Waals surface area contributed by atoms with E-state index < -0.39 is 45.1 Å². The largest absolute Gasteiger partial charge is 0.481 e. The number of carbonyl (C=O) groups is 1. The Balaban J connectivity index is 1.89. The Bertz CT molecular complexity index is 1290. The number of nitrogens with zero attached hydrogens (tertiary/aromatic N) is 1. The molecule has 0 aliphatic carbocycles. The third-order valence-corrected chi connectivity index (χ3v) is 9.82. The molecule has 0 bridgehead atoms. The first-order valence-corrected chi connectivity index (χ1v) is 13.8. The van der Waals surface area contributed by atoms with Crippen molar-refractivity contribution in [2.75, 3.05) is 0 Å². The first-order chi connectivity index (χ1) is 16.6. The number of sulfonamides is 1. The summed E-state index contributed by atoms with van der Waals surface area (Å²) in [6, 6.07) is 18.2. The molecule has 0 aromatic heterocycles. The standard InChI is InChI=1S/C27H28FNO4S2/c1-4-23-26(34-21-13-5-17(2)6-14-21)24(27(30)31)25(19-9-11-20(28)12-10-19)29(23)35(32,33)22-15-7-18(3)8-16-22/h5-16,23-26H,4H2,1-3H3,(H,30,31)/t23-,24+,25+,26-/m1/s1. The van der Waals surface area contributed by atoms with E-state index in [1.807, 2.05) is 45.0 Å². The summed E-state index contributed by atoms with van der Waals surface area (Å²) in [6.07, 6.45) is 0.427. The van der Waals surface area contributed by atoms with Crippen LogP contribution < -0.4 is 0 Å². The number of aryl methyl sites for hydroxylation is 2. The average Bonchev–Trinajstić information content (AvgIpc) is 3.16. The zero-order valence-corrected chi connectivity index (χ0v) is 21.4. The molecule has 8 heteroatoms. The van der Waals surface area contributed by atoms with Crippen molar-refractivity contribution in [2.24, 2.45) is 5.92 Å². The maximum absolute atomic E-state index is 14.0. The van der Waals surface area contributed by atoms with Gasteiger partial charge in [0.2, 0.25) is 10.0 Å². The van der Waals surface area contributed by atoms with Crippen molar-refractivity contribution in [3.63, 3.8) is 0 Å². The minimum atomic E-state index is -4.06. The number of carboxylic acid groups (broad SMARTS) is 1. The van der Waals surface area contributed by atoms with E-state index in [4.69, 9.17) is 0 Å². The number of hydrogen-bond donors (Lipinski definition) is 1. The van der Waals surface area contributed by atoms with Crippen LogP contribution in [-0.2, 0) is 14.8 Å². The molecule has 1 aliphatic rings. The Kier molecular flexibility index (Phi) is 7.35. The summed E-state index contributed by atoms with van der Waals surface area (Å²) >= 11 is 1.39. The molecule has 3 aromatic rings. The van der Waals surface area contributed by atoms with Gasteiger partial charge in [0.05, 0.1) is 16.9 Å². The molecular weight excluding hydrogens is 485 g/mol. The summed E-state index contributed by atoms with van der Waals surface area (Å²) in [7, 11) is -4.06. The van der Waals surface area contributed by atoms with Crippen LogP contribution in [0.15, 0.2) is 82.6 Å². The van der Waals surface area contributed by atoms with Gasteiger partial charge >= 0.3 is 5.97 Å². The van der Waals surface area contributed by atoms with Gasteiger partial charge in [-0.2, -0.15) is 4.31 Å². The molecular formula is C27H28FNO4S2. The number of aliphatic carboxylic acids is 1. The second kappa shape index (κ2) is 10.1. The Morgan fingerprint density at radius 3 is 2.00 bits per heavy atom. The van der Waals surface area contributed by atoms with Crippen LogP contribution in [0.25, 0.3) is 0 Å². The van der Waals surface area contributed by atoms with Crippen LogP contribution in [0.1, 0.15) is 36.1 Å². The molecule has 0 spiro atoms. The minimum absolute atomic E-state index is 0.110. The van der Waals surface area contributed by atoms with Gasteiger partial charge in [0.1, 0.15) is 5.82 Å². The topological polar surface area (TPSA) is 74.7 Å². The molecule has 5 nitrogen and oxygen atoms in total. The van der Waals surface area contributed by atoms with Crippen molar-refractivity contribution in [1.29, 1.82) is 0 Å². The van der Waals surface area contributed by atoms with E-state index in [2.05, 4.69) is 0 Å². The molecule has 1 aliphatic heterocycles. The molecule has 1 N–H and O–H groups in total. The molecule has 1 saturated heterocycles. The lowest BCUT2D eigenvalue weighted by molar-refractivity contribution is -0.142. The number of halogens is 1. The van der Waals surface area contributed by atoms with Crippen molar-refractivity contribution in [1.82, 2.24) is 4.31 Å². The number of rotatable bonds is 7. The molecule has 3 aromatic carbocycles. The maximum atomic E-state index is 14.0. The lowest BCUT2D eigenvalue weighted by atomic mass is 9.93. The molecule has 184 valence electrons. The van der Waals surface area contributed by atoms with Crippen LogP contribution in [0.3, 0.4) is 0 Å². The van der Waals surface area contributed by atoms with E-state index in [1.54, 1.807) is 24.3 Å². The summed E-state index contributed by atoms with van der Waals surface area (Å²) in [6.45, 7) is 5.72. The van der Waals surface area contributed by atoms with Crippen molar-refractivity contribution in [3.05, 3.63) is 95.3 Å². The maximum Gasteiger partial charge on any atom is 0.309 e. The van der Waals surface area contributed by atoms with E-state index in [1.165, 1.54) is 40.3 Å². The third-order valence-electron chi connectivity index (χ3n) is 6.48. The second-order valence-electron chi connectivity index (χ2n) is 8.88. The smallest absolute Gasteiger partial charge is 0.309 e. The van der Waals surface area contributed by atoms with E-state index in [-0.39, 0.29) is 4.90 Å². The van der Waals surface area contributed by atoms with Gasteiger partial charge < -0.3 is 5.11 Å². The predicted octanol–water partition coefficient (Wildman–Crippen LogP) is 5.83. The molecule has 4 atom stereocenters. The van der Waals surface area contributed by atoms with Gasteiger partial charge in [-0.05, 0) is 62.2 Å². The highest BCUT2D eigenvalue weighted by molar-refractivity contribution is 8.00. The van der Waals surface area contributed by atoms with Crippen LogP contribution in [0.5, 0.6) is 0 Å². The van der Waals surface area contributed by atoms with E-state index in [9.17, 15) is 22.7 Å². The van der Waals surface area contributed by atoms with Gasteiger partial charge in [-0.25, -0.2) is 12.8 Å². The monoisotopic (exact) mass is 513 g/mol. The second-order valence-corrected chi connectivity index (χ2v) is 12.0. The Morgan fingerprint density at radius 2 is 1.49 bits per heavy atom. The molecule has 0 unspecified atom stereocenters. The normalized spacial score (nSPS) is 22.9. The molecule has 1 fully saturated rings. The van der Waals surface area contributed by atoms with Crippen LogP contribution in [0, 0.1) is 25.6 Å². The Labute approximate surface area is 210 Å². The Morgan fingerprint density at radius 1 is 0.943 bits per heavy atom. The van der Waals surface area contributed by atoms with E-state index in [0.717, 1.165) is 16.0 Å². The molecule has 0 amide bonds. The first-order valence-electron chi connectivity index (χ1n) is 11.4. The van der Waals surface area contributed by atoms with Crippen molar-refractivity contribution < 1.29 is 22.7 Å². The highest BCUT2D eigenvalue weighted by atomic mass is 32.2. The third kappa shape index (κ3) is 5.01. The lowest BCUT2D eigenvalue weighted by Gasteiger charge is -2.30. The van der Waals surface area contributed by atoms with Crippen LogP contribution >= 0.6 is 11.8 Å². The fourth-order valence-corrected chi connectivity index (χ4v) is 8.21. The highest BCUT2D eigenvalue weighted by Gasteiger charge is 2.57. The fourth-order valence-electron chi connectivity index (χ4n) is 4.72. The number of carboxylic acids is 1. The molecule has 4 rings (SSSR count). The quantitative estimate of drug-likeness (QED) is 0.430. The number of hydrogen-bond acceptors (Lipinski definition) is 4. The van der Waals surface area contributed by atoms with Crippen molar-refractivity contribution >= 4 is 27.8 Å². The van der Waals surface area contributed by atoms with Crippen LogP contribution in [-0.4, -0.2) is 35.1 Å². The van der Waals surface area contributed by atoms with E-state index in [0.29, 0.717) is 12.0 Å². The molecule has 0 saturated carbocycles. The van der Waals surface area contributed by atoms with Crippen molar-refractivity contribution in [3.8, 4) is 0 Å². The van der Waals surface area contributed by atoms with Gasteiger partial charge in [-0.15, -0.1) is 11.8 Å². The van der Waals surface area contributed by atoms with E-state index >= 15 is 0 Å². The average molecular weight is 514 g/mol. The fraction of sp³-hybridized carbons (Fsp3) is 0.296. The zero-order valence-electron chi connectivity index (χ0n) is 19.8.